The van der Waals surface area contributed by atoms with E-state index in [1.807, 2.05) is 4.90 Å². The first-order chi connectivity index (χ1) is 11.5. The van der Waals surface area contributed by atoms with E-state index in [0.29, 0.717) is 38.1 Å². The maximum absolute atomic E-state index is 11.7. The number of ether oxygens (including phenoxy) is 1. The third kappa shape index (κ3) is 3.12. The summed E-state index contributed by atoms with van der Waals surface area (Å²) in [5.41, 5.74) is 0.693. The van der Waals surface area contributed by atoms with Crippen molar-refractivity contribution in [3.05, 3.63) is 23.3 Å². The summed E-state index contributed by atoms with van der Waals surface area (Å²) in [6, 6.07) is 3.41. The van der Waals surface area contributed by atoms with E-state index in [2.05, 4.69) is 5.16 Å². The molecule has 1 aromatic rings. The van der Waals surface area contributed by atoms with Crippen LogP contribution in [0, 0.1) is 0 Å². The molecule has 0 saturated carbocycles. The molecular formula is C15H19BN2O6. The number of carboxylic acids is 1. The first-order valence-corrected chi connectivity index (χ1v) is 7.83. The lowest BCUT2D eigenvalue weighted by atomic mass is 9.78. The number of carboxylic acid groups (broad SMARTS) is 1. The van der Waals surface area contributed by atoms with E-state index in [1.165, 1.54) is 0 Å². The van der Waals surface area contributed by atoms with Crippen molar-refractivity contribution < 1.29 is 29.5 Å². The second-order valence-electron chi connectivity index (χ2n) is 5.97. The Morgan fingerprint density at radius 3 is 3.00 bits per heavy atom. The van der Waals surface area contributed by atoms with E-state index in [4.69, 9.17) is 14.6 Å². The highest BCUT2D eigenvalue weighted by Gasteiger charge is 2.32. The van der Waals surface area contributed by atoms with Crippen molar-refractivity contribution in [2.24, 2.45) is 5.16 Å². The molecule has 0 spiro atoms. The van der Waals surface area contributed by atoms with Crippen molar-refractivity contribution in [2.45, 2.75) is 32.2 Å². The average molecular weight is 334 g/mol. The van der Waals surface area contributed by atoms with E-state index in [9.17, 15) is 14.9 Å². The van der Waals surface area contributed by atoms with Crippen LogP contribution >= 0.6 is 0 Å². The van der Waals surface area contributed by atoms with Gasteiger partial charge >= 0.3 is 13.1 Å². The number of aryl methyl sites for hydroxylation is 1. The van der Waals surface area contributed by atoms with Gasteiger partial charge in [-0.25, -0.2) is 4.79 Å². The van der Waals surface area contributed by atoms with Crippen LogP contribution in [0.25, 0.3) is 0 Å². The molecule has 1 atom stereocenters. The maximum atomic E-state index is 11.7. The van der Waals surface area contributed by atoms with Gasteiger partial charge in [0.25, 0.3) is 0 Å². The average Bonchev–Trinajstić information content (AvgIpc) is 3.01. The number of nitrogens with zero attached hydrogens (tertiary/aromatic N) is 2. The Morgan fingerprint density at radius 2 is 2.29 bits per heavy atom. The highest BCUT2D eigenvalue weighted by Crippen LogP contribution is 2.37. The molecular weight excluding hydrogens is 315 g/mol. The van der Waals surface area contributed by atoms with E-state index in [1.54, 1.807) is 19.1 Å². The second-order valence-corrected chi connectivity index (χ2v) is 5.97. The van der Waals surface area contributed by atoms with Gasteiger partial charge in [-0.15, -0.1) is 0 Å². The summed E-state index contributed by atoms with van der Waals surface area (Å²) < 4.78 is 11.2. The van der Waals surface area contributed by atoms with Gasteiger partial charge in [-0.05, 0) is 31.3 Å². The molecule has 1 fully saturated rings. The molecule has 0 amide bonds. The molecule has 2 heterocycles. The van der Waals surface area contributed by atoms with Crippen molar-refractivity contribution in [1.29, 1.82) is 0 Å². The molecule has 0 aromatic heterocycles. The largest absolute Gasteiger partial charge is 0.535 e. The quantitative estimate of drug-likeness (QED) is 0.249. The fourth-order valence-electron chi connectivity index (χ4n) is 3.08. The van der Waals surface area contributed by atoms with E-state index >= 15 is 0 Å². The van der Waals surface area contributed by atoms with Gasteiger partial charge < -0.3 is 29.6 Å². The zero-order valence-electron chi connectivity index (χ0n) is 13.3. The van der Waals surface area contributed by atoms with Crippen molar-refractivity contribution in [2.75, 3.05) is 13.1 Å². The molecule has 1 saturated heterocycles. The lowest BCUT2D eigenvalue weighted by Gasteiger charge is -2.24. The van der Waals surface area contributed by atoms with Gasteiger partial charge in [0.15, 0.2) is 0 Å². The number of benzene rings is 1. The Labute approximate surface area is 139 Å². The van der Waals surface area contributed by atoms with Crippen LogP contribution in [-0.2, 0) is 6.42 Å². The molecule has 3 rings (SSSR count). The van der Waals surface area contributed by atoms with Crippen LogP contribution < -0.4 is 9.39 Å². The number of oxime groups is 1. The Morgan fingerprint density at radius 1 is 1.50 bits per heavy atom. The third-order valence-corrected chi connectivity index (χ3v) is 4.37. The van der Waals surface area contributed by atoms with Crippen LogP contribution in [-0.4, -0.2) is 58.4 Å². The Balaban J connectivity index is 1.84. The highest BCUT2D eigenvalue weighted by molar-refractivity contribution is 6.44. The van der Waals surface area contributed by atoms with Crippen LogP contribution in [0.1, 0.15) is 29.3 Å². The van der Waals surface area contributed by atoms with Crippen LogP contribution in [0.4, 0.5) is 0 Å². The van der Waals surface area contributed by atoms with E-state index in [-0.39, 0.29) is 23.2 Å². The standard InChI is InChI=1S/C15H19BN2O6/c1-9(17-22)18-7-5-11(8-18)23-12-3-2-10-4-6-16(21)24-14(10)13(12)15(19)20/h2-3,11,21-22H,4-8H2,1H3,(H,19,20)/t11-/m1/s1. The fraction of sp³-hybridized carbons (Fsp3) is 0.467. The van der Waals surface area contributed by atoms with Gasteiger partial charge in [0.1, 0.15) is 29.0 Å². The summed E-state index contributed by atoms with van der Waals surface area (Å²) in [6.45, 7) is 2.87. The molecule has 9 heteroatoms. The molecule has 128 valence electrons. The molecule has 8 nitrogen and oxygen atoms in total. The number of fused-ring (bicyclic) bond motifs is 1. The molecule has 0 radical (unpaired) electrons. The Bertz CT molecular complexity index is 680. The number of rotatable bonds is 3. The van der Waals surface area contributed by atoms with Gasteiger partial charge in [-0.1, -0.05) is 11.2 Å². The van der Waals surface area contributed by atoms with Gasteiger partial charge in [0.2, 0.25) is 0 Å². The van der Waals surface area contributed by atoms with Crippen LogP contribution in [0.2, 0.25) is 6.32 Å². The number of amidine groups is 1. The lowest BCUT2D eigenvalue weighted by Crippen LogP contribution is -2.30. The SMILES string of the molecule is CC(=NO)N1CC[C@@H](Oc2ccc3c(c2C(=O)O)OB(O)CC3)C1. The first-order valence-electron chi connectivity index (χ1n) is 7.83. The zero-order valence-corrected chi connectivity index (χ0v) is 13.3. The highest BCUT2D eigenvalue weighted by atomic mass is 16.5. The Kier molecular flexibility index (Phi) is 4.52. The van der Waals surface area contributed by atoms with Gasteiger partial charge in [0, 0.05) is 13.0 Å². The number of hydrogen-bond donors (Lipinski definition) is 3. The molecule has 24 heavy (non-hydrogen) atoms. The molecule has 0 bridgehead atoms. The Hall–Kier alpha value is -2.42. The van der Waals surface area contributed by atoms with Crippen molar-refractivity contribution >= 4 is 18.9 Å². The number of carbonyl (C=O) groups is 1. The monoisotopic (exact) mass is 334 g/mol. The minimum atomic E-state index is -1.15. The molecule has 0 aliphatic carbocycles. The second kappa shape index (κ2) is 6.60. The van der Waals surface area contributed by atoms with Crippen LogP contribution in [0.3, 0.4) is 0 Å². The summed E-state index contributed by atoms with van der Waals surface area (Å²) >= 11 is 0. The van der Waals surface area contributed by atoms with E-state index < -0.39 is 13.1 Å². The van der Waals surface area contributed by atoms with Gasteiger partial charge in [0.05, 0.1) is 6.54 Å². The van der Waals surface area contributed by atoms with Gasteiger partial charge in [-0.3, -0.25) is 0 Å². The first kappa shape index (κ1) is 16.4. The molecule has 1 aromatic carbocycles. The molecule has 2 aliphatic rings. The summed E-state index contributed by atoms with van der Waals surface area (Å²) in [5.74, 6) is -0.252. The van der Waals surface area contributed by atoms with Crippen molar-refractivity contribution in [3.8, 4) is 11.5 Å². The van der Waals surface area contributed by atoms with Crippen LogP contribution in [0.5, 0.6) is 11.5 Å². The predicted octanol–water partition coefficient (Wildman–Crippen LogP) is 1.06. The van der Waals surface area contributed by atoms with E-state index in [0.717, 1.165) is 5.56 Å². The molecule has 0 unspecified atom stereocenters. The number of hydrogen-bond acceptors (Lipinski definition) is 6. The van der Waals surface area contributed by atoms with Gasteiger partial charge in [-0.2, -0.15) is 0 Å². The maximum Gasteiger partial charge on any atom is 0.522 e. The normalized spacial score (nSPS) is 20.6. The smallest absolute Gasteiger partial charge is 0.522 e. The minimum absolute atomic E-state index is 0.0581. The summed E-state index contributed by atoms with van der Waals surface area (Å²) in [4.78, 5) is 13.6. The van der Waals surface area contributed by atoms with Crippen molar-refractivity contribution in [3.63, 3.8) is 0 Å². The molecule has 3 N–H and O–H groups in total. The summed E-state index contributed by atoms with van der Waals surface area (Å²) in [5, 5.41) is 31.2. The fourth-order valence-corrected chi connectivity index (χ4v) is 3.08. The number of aromatic carboxylic acids is 1. The van der Waals surface area contributed by atoms with Crippen molar-refractivity contribution in [1.82, 2.24) is 4.90 Å². The lowest BCUT2D eigenvalue weighted by molar-refractivity contribution is 0.0686. The van der Waals surface area contributed by atoms with Crippen LogP contribution in [0.15, 0.2) is 17.3 Å². The topological polar surface area (TPSA) is 112 Å². The molecule has 2 aliphatic heterocycles. The predicted molar refractivity (Wildman–Crippen MR) is 86.0 cm³/mol. The summed E-state index contributed by atoms with van der Waals surface area (Å²) in [7, 11) is -1.00. The summed E-state index contributed by atoms with van der Waals surface area (Å²) in [6.07, 6.45) is 1.46. The third-order valence-electron chi connectivity index (χ3n) is 4.37. The number of likely N-dealkylation sites (tertiary alicyclic amines) is 1. The zero-order chi connectivity index (χ0) is 17.3. The minimum Gasteiger partial charge on any atom is -0.535 e.